The van der Waals surface area contributed by atoms with E-state index in [1.165, 1.54) is 12.1 Å². The molecule has 158 valence electrons. The Labute approximate surface area is 169 Å². The maximum Gasteiger partial charge on any atom is 0.387 e. The van der Waals surface area contributed by atoms with Crippen molar-refractivity contribution < 1.29 is 18.6 Å². The van der Waals surface area contributed by atoms with Gasteiger partial charge in [-0.05, 0) is 50.9 Å². The van der Waals surface area contributed by atoms with Crippen molar-refractivity contribution in [3.63, 3.8) is 0 Å². The number of nitrogens with one attached hydrogen (secondary N) is 2. The van der Waals surface area contributed by atoms with Gasteiger partial charge < -0.3 is 25.4 Å². The average molecular weight is 419 g/mol. The highest BCUT2D eigenvalue weighted by Crippen LogP contribution is 2.25. The summed E-state index contributed by atoms with van der Waals surface area (Å²) in [7, 11) is 0. The quantitative estimate of drug-likeness (QED) is 0.327. The third-order valence-corrected chi connectivity index (χ3v) is 4.73. The van der Waals surface area contributed by atoms with Crippen LogP contribution < -0.4 is 15.4 Å². The first-order valence-electron chi connectivity index (χ1n) is 9.63. The van der Waals surface area contributed by atoms with E-state index < -0.39 is 6.61 Å². The Morgan fingerprint density at radius 1 is 1.36 bits per heavy atom. The van der Waals surface area contributed by atoms with Crippen molar-refractivity contribution in [1.29, 1.82) is 0 Å². The number of aliphatic hydroxyl groups excluding tert-OH is 1. The third kappa shape index (κ3) is 8.16. The monoisotopic (exact) mass is 418 g/mol. The van der Waals surface area contributed by atoms with Crippen molar-refractivity contribution in [1.82, 2.24) is 15.5 Å². The number of rotatable bonds is 9. The van der Waals surface area contributed by atoms with Gasteiger partial charge >= 0.3 is 6.61 Å². The summed E-state index contributed by atoms with van der Waals surface area (Å²) in [5.74, 6) is 0.686. The number of halogens is 3. The molecule has 1 aromatic carbocycles. The van der Waals surface area contributed by atoms with E-state index in [0.29, 0.717) is 23.1 Å². The Morgan fingerprint density at radius 3 is 2.79 bits per heavy atom. The number of aliphatic imine (C=N–C) groups is 1. The van der Waals surface area contributed by atoms with Crippen molar-refractivity contribution in [2.75, 3.05) is 32.7 Å². The molecule has 9 heteroatoms. The zero-order valence-electron chi connectivity index (χ0n) is 16.1. The van der Waals surface area contributed by atoms with Gasteiger partial charge in [-0.25, -0.2) is 4.99 Å². The normalized spacial score (nSPS) is 16.4. The first-order chi connectivity index (χ1) is 13.5. The van der Waals surface area contributed by atoms with E-state index in [1.807, 2.05) is 6.92 Å². The molecule has 28 heavy (non-hydrogen) atoms. The summed E-state index contributed by atoms with van der Waals surface area (Å²) >= 11 is 5.97. The first-order valence-corrected chi connectivity index (χ1v) is 10.0. The minimum atomic E-state index is -2.90. The second-order valence-corrected chi connectivity index (χ2v) is 7.12. The minimum Gasteiger partial charge on any atom is -0.434 e. The highest BCUT2D eigenvalue weighted by molar-refractivity contribution is 6.30. The molecule has 1 heterocycles. The van der Waals surface area contributed by atoms with Gasteiger partial charge in [-0.3, -0.25) is 0 Å². The zero-order valence-corrected chi connectivity index (χ0v) is 16.9. The summed E-state index contributed by atoms with van der Waals surface area (Å²) in [6.07, 6.45) is 2.45. The van der Waals surface area contributed by atoms with Gasteiger partial charge in [-0.1, -0.05) is 11.6 Å². The summed E-state index contributed by atoms with van der Waals surface area (Å²) in [4.78, 5) is 6.80. The lowest BCUT2D eigenvalue weighted by Gasteiger charge is -2.29. The van der Waals surface area contributed by atoms with Gasteiger partial charge in [0.15, 0.2) is 5.96 Å². The molecular formula is C19H29ClF2N4O2. The first kappa shape index (κ1) is 22.6. The van der Waals surface area contributed by atoms with Crippen LogP contribution in [-0.4, -0.2) is 61.4 Å². The van der Waals surface area contributed by atoms with Gasteiger partial charge in [0.2, 0.25) is 0 Å². The number of hydrogen-bond acceptors (Lipinski definition) is 4. The lowest BCUT2D eigenvalue weighted by molar-refractivity contribution is -0.0504. The molecule has 1 aliphatic heterocycles. The molecular weight excluding hydrogens is 390 g/mol. The molecule has 0 radical (unpaired) electrons. The van der Waals surface area contributed by atoms with Gasteiger partial charge in [0.1, 0.15) is 5.75 Å². The van der Waals surface area contributed by atoms with Crippen LogP contribution in [0.4, 0.5) is 8.78 Å². The van der Waals surface area contributed by atoms with Gasteiger partial charge in [-0.2, -0.15) is 8.78 Å². The Bertz CT molecular complexity index is 626. The lowest BCUT2D eigenvalue weighted by Crippen LogP contribution is -2.40. The largest absolute Gasteiger partial charge is 0.434 e. The predicted octanol–water partition coefficient (Wildman–Crippen LogP) is 2.84. The van der Waals surface area contributed by atoms with Crippen LogP contribution in [0.5, 0.6) is 5.75 Å². The number of likely N-dealkylation sites (tertiary alicyclic amines) is 1. The fourth-order valence-corrected chi connectivity index (χ4v) is 3.24. The maximum absolute atomic E-state index is 12.6. The fraction of sp³-hybridized carbons (Fsp3) is 0.632. The van der Waals surface area contributed by atoms with E-state index in [1.54, 1.807) is 6.07 Å². The Hall–Kier alpha value is -1.64. The Balaban J connectivity index is 1.85. The molecule has 0 spiro atoms. The van der Waals surface area contributed by atoms with Crippen molar-refractivity contribution in [3.8, 4) is 5.75 Å². The number of aliphatic hydroxyl groups is 1. The second kappa shape index (κ2) is 12.0. The Morgan fingerprint density at radius 2 is 2.11 bits per heavy atom. The van der Waals surface area contributed by atoms with E-state index in [0.717, 1.165) is 45.4 Å². The van der Waals surface area contributed by atoms with Crippen LogP contribution in [0.1, 0.15) is 31.7 Å². The number of nitrogens with zero attached hydrogens (tertiary/aromatic N) is 2. The smallest absolute Gasteiger partial charge is 0.387 e. The molecule has 0 aliphatic carbocycles. The van der Waals surface area contributed by atoms with E-state index in [4.69, 9.17) is 11.6 Å². The van der Waals surface area contributed by atoms with Crippen LogP contribution in [0.2, 0.25) is 5.02 Å². The number of hydrogen-bond donors (Lipinski definition) is 3. The predicted molar refractivity (Wildman–Crippen MR) is 107 cm³/mol. The lowest BCUT2D eigenvalue weighted by atomic mass is 10.1. The van der Waals surface area contributed by atoms with Gasteiger partial charge in [0.05, 0.1) is 12.6 Å². The van der Waals surface area contributed by atoms with Crippen LogP contribution in [0.25, 0.3) is 0 Å². The zero-order chi connectivity index (χ0) is 20.4. The number of benzene rings is 1. The minimum absolute atomic E-state index is 0.0753. The number of guanidine groups is 1. The number of alkyl halides is 2. The topological polar surface area (TPSA) is 69.1 Å². The summed E-state index contributed by atoms with van der Waals surface area (Å²) in [5.41, 5.74) is 0.497. The molecule has 0 saturated carbocycles. The molecule has 0 aromatic heterocycles. The molecule has 0 unspecified atom stereocenters. The van der Waals surface area contributed by atoms with Gasteiger partial charge in [0, 0.05) is 36.8 Å². The van der Waals surface area contributed by atoms with Crippen LogP contribution in [-0.2, 0) is 6.54 Å². The second-order valence-electron chi connectivity index (χ2n) is 6.68. The maximum atomic E-state index is 12.6. The Kier molecular flexibility index (Phi) is 9.73. The van der Waals surface area contributed by atoms with Crippen molar-refractivity contribution in [2.45, 2.75) is 45.4 Å². The molecule has 1 aromatic rings. The SMILES string of the molecule is CCNC(=NCc1cc(Cl)ccc1OC(F)F)NCCCN1CCC(O)CC1. The van der Waals surface area contributed by atoms with Crippen molar-refractivity contribution >= 4 is 17.6 Å². The van der Waals surface area contributed by atoms with Crippen LogP contribution >= 0.6 is 11.6 Å². The van der Waals surface area contributed by atoms with Crippen LogP contribution in [0.15, 0.2) is 23.2 Å². The van der Waals surface area contributed by atoms with Crippen LogP contribution in [0.3, 0.4) is 0 Å². The average Bonchev–Trinajstić information content (AvgIpc) is 2.66. The van der Waals surface area contributed by atoms with Gasteiger partial charge in [0.25, 0.3) is 0 Å². The van der Waals surface area contributed by atoms with E-state index in [9.17, 15) is 13.9 Å². The molecule has 6 nitrogen and oxygen atoms in total. The summed E-state index contributed by atoms with van der Waals surface area (Å²) < 4.78 is 29.7. The standard InChI is InChI=1S/C19H29ClF2N4O2/c1-2-23-19(24-8-3-9-26-10-6-16(27)7-11-26)25-13-14-12-15(20)4-5-17(14)28-18(21)22/h4-5,12,16,18,27H,2-3,6-11,13H2,1H3,(H2,23,24,25). The van der Waals surface area contributed by atoms with Gasteiger partial charge in [-0.15, -0.1) is 0 Å². The molecule has 0 bridgehead atoms. The molecule has 1 saturated heterocycles. The summed E-state index contributed by atoms with van der Waals surface area (Å²) in [6.45, 7) is 3.47. The molecule has 0 atom stereocenters. The summed E-state index contributed by atoms with van der Waals surface area (Å²) in [5, 5.41) is 16.4. The molecule has 1 aliphatic rings. The molecule has 0 amide bonds. The molecule has 1 fully saturated rings. The van der Waals surface area contributed by atoms with E-state index in [2.05, 4.69) is 25.3 Å². The number of piperidine rings is 1. The summed E-state index contributed by atoms with van der Waals surface area (Å²) in [6, 6.07) is 4.52. The molecule has 2 rings (SSSR count). The highest BCUT2D eigenvalue weighted by atomic mass is 35.5. The van der Waals surface area contributed by atoms with E-state index in [-0.39, 0.29) is 18.4 Å². The van der Waals surface area contributed by atoms with Crippen molar-refractivity contribution in [2.24, 2.45) is 4.99 Å². The third-order valence-electron chi connectivity index (χ3n) is 4.49. The fourth-order valence-electron chi connectivity index (χ4n) is 3.04. The van der Waals surface area contributed by atoms with Crippen molar-refractivity contribution in [3.05, 3.63) is 28.8 Å². The molecule has 3 N–H and O–H groups in total. The number of ether oxygens (including phenoxy) is 1. The van der Waals surface area contributed by atoms with Crippen LogP contribution in [0, 0.1) is 0 Å². The van der Waals surface area contributed by atoms with E-state index >= 15 is 0 Å². The highest BCUT2D eigenvalue weighted by Gasteiger charge is 2.16.